The van der Waals surface area contributed by atoms with Gasteiger partial charge in [-0.25, -0.2) is 0 Å². The molecule has 0 saturated carbocycles. The van der Waals surface area contributed by atoms with Crippen LogP contribution in [0, 0.1) is 0 Å². The van der Waals surface area contributed by atoms with Gasteiger partial charge in [0.25, 0.3) is 0 Å². The number of ether oxygens (including phenoxy) is 1. The zero-order valence-electron chi connectivity index (χ0n) is 12.3. The molecule has 0 aliphatic rings. The Morgan fingerprint density at radius 3 is 2.33 bits per heavy atom. The van der Waals surface area contributed by atoms with Crippen LogP contribution >= 0.6 is 0 Å². The Morgan fingerprint density at radius 1 is 0.857 bits per heavy atom. The van der Waals surface area contributed by atoms with Gasteiger partial charge in [-0.1, -0.05) is 36.4 Å². The molecule has 2 nitrogen and oxygen atoms in total. The Balaban J connectivity index is 1.86. The van der Waals surface area contributed by atoms with Crippen LogP contribution in [0.15, 0.2) is 66.7 Å². The van der Waals surface area contributed by atoms with Crippen LogP contribution in [0.2, 0.25) is 0 Å². The lowest BCUT2D eigenvalue weighted by Crippen LogP contribution is -2.06. The maximum Gasteiger partial charge on any atom is 0.119 e. The summed E-state index contributed by atoms with van der Waals surface area (Å²) in [5, 5.41) is 5.95. The van der Waals surface area contributed by atoms with Crippen LogP contribution in [-0.4, -0.2) is 7.11 Å². The van der Waals surface area contributed by atoms with E-state index in [-0.39, 0.29) is 6.04 Å². The molecule has 3 rings (SSSR count). The number of rotatable bonds is 4. The van der Waals surface area contributed by atoms with Crippen molar-refractivity contribution in [2.45, 2.75) is 13.0 Å². The Labute approximate surface area is 125 Å². The molecule has 0 aliphatic heterocycles. The fraction of sp³-hybridized carbons (Fsp3) is 0.158. The van der Waals surface area contributed by atoms with Gasteiger partial charge >= 0.3 is 0 Å². The summed E-state index contributed by atoms with van der Waals surface area (Å²) in [4.78, 5) is 0. The van der Waals surface area contributed by atoms with Crippen molar-refractivity contribution in [1.29, 1.82) is 0 Å². The smallest absolute Gasteiger partial charge is 0.119 e. The summed E-state index contributed by atoms with van der Waals surface area (Å²) in [7, 11) is 1.70. The highest BCUT2D eigenvalue weighted by Crippen LogP contribution is 2.26. The minimum Gasteiger partial charge on any atom is -0.497 e. The van der Waals surface area contributed by atoms with Gasteiger partial charge in [0.2, 0.25) is 0 Å². The summed E-state index contributed by atoms with van der Waals surface area (Å²) < 4.78 is 5.27. The van der Waals surface area contributed by atoms with Crippen molar-refractivity contribution in [3.8, 4) is 5.75 Å². The van der Waals surface area contributed by atoms with Crippen molar-refractivity contribution in [1.82, 2.24) is 0 Å². The van der Waals surface area contributed by atoms with E-state index in [2.05, 4.69) is 54.7 Å². The molecule has 1 atom stereocenters. The van der Waals surface area contributed by atoms with E-state index in [9.17, 15) is 0 Å². The van der Waals surface area contributed by atoms with Crippen molar-refractivity contribution < 1.29 is 4.74 Å². The summed E-state index contributed by atoms with van der Waals surface area (Å²) in [5.41, 5.74) is 2.41. The number of anilines is 1. The van der Waals surface area contributed by atoms with E-state index >= 15 is 0 Å². The molecule has 0 saturated heterocycles. The third-order valence-electron chi connectivity index (χ3n) is 3.73. The fourth-order valence-corrected chi connectivity index (χ4v) is 2.51. The van der Waals surface area contributed by atoms with E-state index in [1.54, 1.807) is 7.11 Å². The molecular formula is C19H19NO. The van der Waals surface area contributed by atoms with Gasteiger partial charge in [0.15, 0.2) is 0 Å². The van der Waals surface area contributed by atoms with Gasteiger partial charge in [0.05, 0.1) is 7.11 Å². The van der Waals surface area contributed by atoms with Crippen molar-refractivity contribution >= 4 is 16.5 Å². The fourth-order valence-electron chi connectivity index (χ4n) is 2.51. The van der Waals surface area contributed by atoms with Crippen LogP contribution in [0.1, 0.15) is 18.5 Å². The molecule has 0 spiro atoms. The minimum absolute atomic E-state index is 0.263. The molecule has 0 bridgehead atoms. The average Bonchev–Trinajstić information content (AvgIpc) is 2.54. The molecule has 0 fully saturated rings. The molecule has 0 radical (unpaired) electrons. The second-order valence-corrected chi connectivity index (χ2v) is 5.20. The summed E-state index contributed by atoms with van der Waals surface area (Å²) in [6, 6.07) is 23.3. The quantitative estimate of drug-likeness (QED) is 0.723. The minimum atomic E-state index is 0.263. The van der Waals surface area contributed by atoms with E-state index in [1.807, 2.05) is 24.3 Å². The van der Waals surface area contributed by atoms with Crippen LogP contribution in [0.25, 0.3) is 10.8 Å². The predicted octanol–water partition coefficient (Wildman–Crippen LogP) is 5.02. The first kappa shape index (κ1) is 13.5. The highest BCUT2D eigenvalue weighted by atomic mass is 16.5. The van der Waals surface area contributed by atoms with Gasteiger partial charge in [-0.05, 0) is 53.6 Å². The largest absolute Gasteiger partial charge is 0.497 e. The highest BCUT2D eigenvalue weighted by molar-refractivity contribution is 5.84. The van der Waals surface area contributed by atoms with Crippen molar-refractivity contribution in [2.24, 2.45) is 0 Å². The first-order valence-corrected chi connectivity index (χ1v) is 7.15. The van der Waals surface area contributed by atoms with Crippen LogP contribution in [0.5, 0.6) is 5.75 Å². The number of hydrogen-bond acceptors (Lipinski definition) is 2. The molecule has 2 heteroatoms. The molecule has 0 amide bonds. The molecular weight excluding hydrogens is 258 g/mol. The first-order chi connectivity index (χ1) is 10.3. The lowest BCUT2D eigenvalue weighted by molar-refractivity contribution is 0.415. The van der Waals surface area contributed by atoms with E-state index in [0.717, 1.165) is 11.4 Å². The summed E-state index contributed by atoms with van der Waals surface area (Å²) in [6.07, 6.45) is 0. The summed E-state index contributed by atoms with van der Waals surface area (Å²) in [6.45, 7) is 2.18. The maximum atomic E-state index is 5.27. The Bertz CT molecular complexity index is 737. The van der Waals surface area contributed by atoms with Crippen molar-refractivity contribution in [2.75, 3.05) is 12.4 Å². The molecule has 0 aliphatic carbocycles. The van der Waals surface area contributed by atoms with Crippen LogP contribution in [-0.2, 0) is 0 Å². The third-order valence-corrected chi connectivity index (χ3v) is 3.73. The number of benzene rings is 3. The van der Waals surface area contributed by atoms with E-state index in [4.69, 9.17) is 4.74 Å². The normalized spacial score (nSPS) is 12.1. The number of para-hydroxylation sites is 1. The van der Waals surface area contributed by atoms with E-state index < -0.39 is 0 Å². The van der Waals surface area contributed by atoms with Gasteiger partial charge in [0.1, 0.15) is 5.75 Å². The highest BCUT2D eigenvalue weighted by Gasteiger charge is 2.06. The topological polar surface area (TPSA) is 21.3 Å². The molecule has 106 valence electrons. The molecule has 3 aromatic rings. The number of nitrogens with one attached hydrogen (secondary N) is 1. The van der Waals surface area contributed by atoms with Crippen molar-refractivity contribution in [3.63, 3.8) is 0 Å². The van der Waals surface area contributed by atoms with Gasteiger partial charge in [0, 0.05) is 11.7 Å². The average molecular weight is 277 g/mol. The van der Waals surface area contributed by atoms with Crippen molar-refractivity contribution in [3.05, 3.63) is 72.3 Å². The summed E-state index contributed by atoms with van der Waals surface area (Å²) >= 11 is 0. The lowest BCUT2D eigenvalue weighted by atomic mass is 10.0. The van der Waals surface area contributed by atoms with Crippen LogP contribution in [0.4, 0.5) is 5.69 Å². The second-order valence-electron chi connectivity index (χ2n) is 5.20. The van der Waals surface area contributed by atoms with E-state index in [1.165, 1.54) is 16.3 Å². The zero-order valence-corrected chi connectivity index (χ0v) is 12.3. The van der Waals surface area contributed by atoms with Gasteiger partial charge < -0.3 is 10.1 Å². The van der Waals surface area contributed by atoms with Crippen LogP contribution in [0.3, 0.4) is 0 Å². The molecule has 0 heterocycles. The molecule has 0 aromatic heterocycles. The lowest BCUT2D eigenvalue weighted by Gasteiger charge is -2.16. The predicted molar refractivity (Wildman–Crippen MR) is 89.0 cm³/mol. The molecule has 1 N–H and O–H groups in total. The van der Waals surface area contributed by atoms with E-state index in [0.29, 0.717) is 0 Å². The Hall–Kier alpha value is -2.48. The van der Waals surface area contributed by atoms with Gasteiger partial charge in [-0.3, -0.25) is 0 Å². The molecule has 21 heavy (non-hydrogen) atoms. The van der Waals surface area contributed by atoms with Gasteiger partial charge in [-0.15, -0.1) is 0 Å². The second kappa shape index (κ2) is 5.88. The van der Waals surface area contributed by atoms with Gasteiger partial charge in [-0.2, -0.15) is 0 Å². The Kier molecular flexibility index (Phi) is 3.78. The Morgan fingerprint density at radius 2 is 1.57 bits per heavy atom. The number of hydrogen-bond donors (Lipinski definition) is 1. The first-order valence-electron chi connectivity index (χ1n) is 7.15. The summed E-state index contributed by atoms with van der Waals surface area (Å²) in [5.74, 6) is 0.894. The molecule has 0 unspecified atom stereocenters. The van der Waals surface area contributed by atoms with Crippen LogP contribution < -0.4 is 10.1 Å². The standard InChI is InChI=1S/C19H19NO/c1-14(20-18-6-4-3-5-7-18)15-8-9-17-13-19(21-2)11-10-16(17)12-15/h3-14,20H,1-2H3/t14-/m1/s1. The number of fused-ring (bicyclic) bond motifs is 1. The number of methoxy groups -OCH3 is 1. The third kappa shape index (κ3) is 3.00. The SMILES string of the molecule is COc1ccc2cc([C@@H](C)Nc3ccccc3)ccc2c1. The zero-order chi connectivity index (χ0) is 14.7. The maximum absolute atomic E-state index is 5.27. The monoisotopic (exact) mass is 277 g/mol. The molecule has 3 aromatic carbocycles.